The molecule has 2 rings (SSSR count). The molecule has 0 bridgehead atoms. The van der Waals surface area contributed by atoms with Crippen molar-refractivity contribution in [3.05, 3.63) is 23.8 Å². The van der Waals surface area contributed by atoms with Gasteiger partial charge in [0, 0.05) is 18.7 Å². The third kappa shape index (κ3) is 4.15. The van der Waals surface area contributed by atoms with Crippen LogP contribution in [-0.4, -0.2) is 48.4 Å². The van der Waals surface area contributed by atoms with Crippen LogP contribution in [0.1, 0.15) is 32.3 Å². The molecule has 1 aromatic carbocycles. The molecule has 23 heavy (non-hydrogen) atoms. The van der Waals surface area contributed by atoms with Gasteiger partial charge in [0.1, 0.15) is 11.6 Å². The maximum absolute atomic E-state index is 12.9. The van der Waals surface area contributed by atoms with E-state index in [1.54, 1.807) is 12.0 Å². The zero-order valence-corrected chi connectivity index (χ0v) is 14.2. The van der Waals surface area contributed by atoms with Crippen molar-refractivity contribution < 1.29 is 9.53 Å². The van der Waals surface area contributed by atoms with E-state index in [2.05, 4.69) is 18.8 Å². The summed E-state index contributed by atoms with van der Waals surface area (Å²) >= 11 is 0. The Labute approximate surface area is 137 Å². The van der Waals surface area contributed by atoms with E-state index in [0.29, 0.717) is 18.9 Å². The molecular weight excluding hydrogens is 292 g/mol. The maximum atomic E-state index is 12.9. The summed E-state index contributed by atoms with van der Waals surface area (Å²) in [6, 6.07) is 5.67. The number of benzene rings is 1. The highest BCUT2D eigenvalue weighted by Crippen LogP contribution is 2.28. The number of aliphatic imine (C=N–C) groups is 1. The predicted octanol–water partition coefficient (Wildman–Crippen LogP) is 2.74. The van der Waals surface area contributed by atoms with Gasteiger partial charge in [-0.1, -0.05) is 13.8 Å². The standard InChI is InChI=1S/C17H26N4O2/c1-4-8-20(9-5-2)17(22)21-11-13-10-14(23-3)6-7-15(13)19-16(18)12-21/h6-7,10H,4-5,8-9,11-12H2,1-3H3,(H2,18,19). The molecule has 0 saturated heterocycles. The molecule has 0 atom stereocenters. The molecule has 126 valence electrons. The number of methoxy groups -OCH3 is 1. The Bertz CT molecular complexity index is 580. The highest BCUT2D eigenvalue weighted by atomic mass is 16.5. The first-order chi connectivity index (χ1) is 11.1. The zero-order chi connectivity index (χ0) is 16.8. The number of hydrogen-bond donors (Lipinski definition) is 1. The molecule has 0 spiro atoms. The van der Waals surface area contributed by atoms with Crippen LogP contribution >= 0.6 is 0 Å². The maximum Gasteiger partial charge on any atom is 0.320 e. The van der Waals surface area contributed by atoms with Crippen molar-refractivity contribution in [3.63, 3.8) is 0 Å². The van der Waals surface area contributed by atoms with Crippen molar-refractivity contribution in [1.29, 1.82) is 0 Å². The highest BCUT2D eigenvalue weighted by molar-refractivity contribution is 5.90. The van der Waals surface area contributed by atoms with Gasteiger partial charge in [0.05, 0.1) is 25.9 Å². The van der Waals surface area contributed by atoms with Crippen LogP contribution in [0.4, 0.5) is 10.5 Å². The quantitative estimate of drug-likeness (QED) is 0.907. The molecule has 0 aliphatic carbocycles. The van der Waals surface area contributed by atoms with Gasteiger partial charge in [-0.2, -0.15) is 0 Å². The van der Waals surface area contributed by atoms with Crippen molar-refractivity contribution in [2.45, 2.75) is 33.2 Å². The van der Waals surface area contributed by atoms with E-state index in [1.807, 2.05) is 23.1 Å². The first-order valence-corrected chi connectivity index (χ1v) is 8.12. The molecule has 0 aromatic heterocycles. The van der Waals surface area contributed by atoms with E-state index < -0.39 is 0 Å². The summed E-state index contributed by atoms with van der Waals surface area (Å²) in [5, 5.41) is 0. The number of amidine groups is 1. The minimum atomic E-state index is 0.0162. The lowest BCUT2D eigenvalue weighted by Gasteiger charge is -2.29. The lowest BCUT2D eigenvalue weighted by Crippen LogP contribution is -2.46. The molecule has 2 N–H and O–H groups in total. The predicted molar refractivity (Wildman–Crippen MR) is 92.2 cm³/mol. The average Bonchev–Trinajstić information content (AvgIpc) is 2.71. The van der Waals surface area contributed by atoms with Crippen LogP contribution in [0.3, 0.4) is 0 Å². The van der Waals surface area contributed by atoms with Crippen LogP contribution in [0.25, 0.3) is 0 Å². The number of fused-ring (bicyclic) bond motifs is 1. The van der Waals surface area contributed by atoms with Gasteiger partial charge in [-0.3, -0.25) is 0 Å². The minimum absolute atomic E-state index is 0.0162. The van der Waals surface area contributed by atoms with E-state index >= 15 is 0 Å². The number of hydrogen-bond acceptors (Lipinski definition) is 4. The van der Waals surface area contributed by atoms with Gasteiger partial charge in [0.15, 0.2) is 0 Å². The van der Waals surface area contributed by atoms with Gasteiger partial charge < -0.3 is 20.3 Å². The van der Waals surface area contributed by atoms with E-state index in [1.165, 1.54) is 0 Å². The first kappa shape index (κ1) is 17.1. The first-order valence-electron chi connectivity index (χ1n) is 8.12. The normalized spacial score (nSPS) is 13.9. The third-order valence-electron chi connectivity index (χ3n) is 3.79. The Balaban J connectivity index is 2.26. The molecule has 2 amide bonds. The number of carbonyl (C=O) groups excluding carboxylic acids is 1. The number of nitrogens with two attached hydrogens (primary N) is 1. The summed E-state index contributed by atoms with van der Waals surface area (Å²) in [6.07, 6.45) is 1.88. The van der Waals surface area contributed by atoms with Crippen molar-refractivity contribution in [1.82, 2.24) is 9.80 Å². The second-order valence-electron chi connectivity index (χ2n) is 5.72. The van der Waals surface area contributed by atoms with Gasteiger partial charge >= 0.3 is 6.03 Å². The fourth-order valence-electron chi connectivity index (χ4n) is 2.75. The van der Waals surface area contributed by atoms with Crippen molar-refractivity contribution in [2.75, 3.05) is 26.7 Å². The number of rotatable bonds is 5. The topological polar surface area (TPSA) is 71.2 Å². The monoisotopic (exact) mass is 318 g/mol. The number of urea groups is 1. The van der Waals surface area contributed by atoms with E-state index in [0.717, 1.165) is 42.9 Å². The Morgan fingerprint density at radius 2 is 2.00 bits per heavy atom. The molecule has 6 nitrogen and oxygen atoms in total. The summed E-state index contributed by atoms with van der Waals surface area (Å²) in [4.78, 5) is 20.9. The number of carbonyl (C=O) groups is 1. The Kier molecular flexibility index (Phi) is 5.84. The fourth-order valence-corrected chi connectivity index (χ4v) is 2.75. The Hall–Kier alpha value is -2.24. The number of nitrogens with zero attached hydrogens (tertiary/aromatic N) is 3. The van der Waals surface area contributed by atoms with E-state index in [9.17, 15) is 4.79 Å². The number of amides is 2. The molecule has 1 aromatic rings. The molecule has 1 aliphatic rings. The third-order valence-corrected chi connectivity index (χ3v) is 3.79. The molecular formula is C17H26N4O2. The van der Waals surface area contributed by atoms with Crippen molar-refractivity contribution in [2.24, 2.45) is 10.7 Å². The molecule has 6 heteroatoms. The van der Waals surface area contributed by atoms with E-state index in [-0.39, 0.29) is 6.03 Å². The molecule has 1 aliphatic heterocycles. The van der Waals surface area contributed by atoms with E-state index in [4.69, 9.17) is 10.5 Å². The van der Waals surface area contributed by atoms with Crippen LogP contribution in [0.15, 0.2) is 23.2 Å². The highest BCUT2D eigenvalue weighted by Gasteiger charge is 2.24. The van der Waals surface area contributed by atoms with Crippen LogP contribution in [0.2, 0.25) is 0 Å². The lowest BCUT2D eigenvalue weighted by atomic mass is 10.1. The number of ether oxygens (including phenoxy) is 1. The average molecular weight is 318 g/mol. The second-order valence-corrected chi connectivity index (χ2v) is 5.72. The van der Waals surface area contributed by atoms with Gasteiger partial charge in [0.25, 0.3) is 0 Å². The smallest absolute Gasteiger partial charge is 0.320 e. The Morgan fingerprint density at radius 3 is 2.61 bits per heavy atom. The van der Waals surface area contributed by atoms with Crippen LogP contribution in [0.5, 0.6) is 5.75 Å². The SMILES string of the molecule is CCCN(CCC)C(=O)N1CC(N)=Nc2ccc(OC)cc2C1. The second kappa shape index (κ2) is 7.85. The summed E-state index contributed by atoms with van der Waals surface area (Å²) < 4.78 is 5.27. The van der Waals surface area contributed by atoms with Crippen molar-refractivity contribution >= 4 is 17.6 Å². The fraction of sp³-hybridized carbons (Fsp3) is 0.529. The molecule has 0 radical (unpaired) electrons. The van der Waals surface area contributed by atoms with Crippen LogP contribution in [0, 0.1) is 0 Å². The Morgan fingerprint density at radius 1 is 1.30 bits per heavy atom. The molecule has 1 heterocycles. The lowest BCUT2D eigenvalue weighted by molar-refractivity contribution is 0.157. The minimum Gasteiger partial charge on any atom is -0.497 e. The van der Waals surface area contributed by atoms with Crippen LogP contribution in [-0.2, 0) is 6.54 Å². The van der Waals surface area contributed by atoms with Crippen molar-refractivity contribution in [3.8, 4) is 5.75 Å². The van der Waals surface area contributed by atoms with Gasteiger partial charge in [-0.05, 0) is 31.0 Å². The van der Waals surface area contributed by atoms with Gasteiger partial charge in [-0.25, -0.2) is 9.79 Å². The summed E-state index contributed by atoms with van der Waals surface area (Å²) in [7, 11) is 1.63. The van der Waals surface area contributed by atoms with Crippen LogP contribution < -0.4 is 10.5 Å². The summed E-state index contributed by atoms with van der Waals surface area (Å²) in [6.45, 7) is 6.50. The summed E-state index contributed by atoms with van der Waals surface area (Å²) in [5.74, 6) is 1.21. The zero-order valence-electron chi connectivity index (χ0n) is 14.2. The summed E-state index contributed by atoms with van der Waals surface area (Å²) in [5.41, 5.74) is 7.75. The largest absolute Gasteiger partial charge is 0.497 e. The van der Waals surface area contributed by atoms with Gasteiger partial charge in [-0.15, -0.1) is 0 Å². The molecule has 0 saturated carbocycles. The molecule has 0 unspecified atom stereocenters. The molecule has 0 fully saturated rings. The van der Waals surface area contributed by atoms with Gasteiger partial charge in [0.2, 0.25) is 0 Å².